The van der Waals surface area contributed by atoms with Crippen molar-refractivity contribution in [2.45, 2.75) is 35.7 Å². The lowest BCUT2D eigenvalue weighted by atomic mass is 10.2. The van der Waals surface area contributed by atoms with E-state index < -0.39 is 0 Å². The third-order valence-electron chi connectivity index (χ3n) is 2.77. The van der Waals surface area contributed by atoms with Crippen LogP contribution in [0.1, 0.15) is 25.7 Å². The minimum atomic E-state index is 1.11. The minimum Gasteiger partial charge on any atom is -0.249 e. The van der Waals surface area contributed by atoms with Crippen LogP contribution >= 0.6 is 43.2 Å². The van der Waals surface area contributed by atoms with E-state index in [4.69, 9.17) is 0 Å². The summed E-state index contributed by atoms with van der Waals surface area (Å²) >= 11 is 0. The number of hydrogen-bond acceptors (Lipinski definition) is 6. The topological polar surface area (TPSA) is 25.8 Å². The van der Waals surface area contributed by atoms with Crippen LogP contribution in [-0.2, 0) is 0 Å². The average Bonchev–Trinajstić information content (AvgIpc) is 2.58. The lowest BCUT2D eigenvalue weighted by Gasteiger charge is -2.02. The quantitative estimate of drug-likeness (QED) is 0.345. The highest BCUT2D eigenvalue weighted by Gasteiger charge is 1.97. The third kappa shape index (κ3) is 8.36. The molecule has 0 aliphatic carbocycles. The predicted molar refractivity (Wildman–Crippen MR) is 104 cm³/mol. The van der Waals surface area contributed by atoms with Gasteiger partial charge in [0, 0.05) is 23.9 Å². The summed E-state index contributed by atoms with van der Waals surface area (Å²) in [7, 11) is 7.38. The van der Waals surface area contributed by atoms with Gasteiger partial charge in [0.1, 0.15) is 10.1 Å². The number of rotatable bonds is 11. The molecule has 0 unspecified atom stereocenters. The molecule has 0 amide bonds. The Morgan fingerprint density at radius 2 is 1.14 bits per heavy atom. The molecular formula is C16H20N2S4. The van der Waals surface area contributed by atoms with E-state index in [0.29, 0.717) is 0 Å². The number of nitrogens with zero attached hydrogens (tertiary/aromatic N) is 2. The minimum absolute atomic E-state index is 1.11. The van der Waals surface area contributed by atoms with Crippen LogP contribution in [-0.4, -0.2) is 21.5 Å². The summed E-state index contributed by atoms with van der Waals surface area (Å²) in [5.74, 6) is 2.41. The molecule has 2 nitrogen and oxygen atoms in total. The van der Waals surface area contributed by atoms with E-state index in [-0.39, 0.29) is 0 Å². The molecule has 0 bridgehead atoms. The Balaban J connectivity index is 1.37. The van der Waals surface area contributed by atoms with Gasteiger partial charge in [-0.2, -0.15) is 0 Å². The zero-order valence-corrected chi connectivity index (χ0v) is 15.7. The molecule has 0 spiro atoms. The first kappa shape index (κ1) is 18.0. The highest BCUT2D eigenvalue weighted by molar-refractivity contribution is 8.77. The Morgan fingerprint density at radius 1 is 0.636 bits per heavy atom. The van der Waals surface area contributed by atoms with Crippen LogP contribution in [0.15, 0.2) is 58.8 Å². The van der Waals surface area contributed by atoms with Crippen molar-refractivity contribution in [1.29, 1.82) is 0 Å². The number of hydrogen-bond donors (Lipinski definition) is 0. The maximum Gasteiger partial charge on any atom is 0.106 e. The number of pyridine rings is 2. The Labute approximate surface area is 148 Å². The lowest BCUT2D eigenvalue weighted by Crippen LogP contribution is -1.83. The van der Waals surface area contributed by atoms with E-state index in [2.05, 4.69) is 22.1 Å². The van der Waals surface area contributed by atoms with Gasteiger partial charge in [0.2, 0.25) is 0 Å². The van der Waals surface area contributed by atoms with Crippen molar-refractivity contribution in [3.05, 3.63) is 48.8 Å². The molecule has 0 saturated carbocycles. The summed E-state index contributed by atoms with van der Waals surface area (Å²) in [6, 6.07) is 12.1. The lowest BCUT2D eigenvalue weighted by molar-refractivity contribution is 0.712. The first-order valence-corrected chi connectivity index (χ1v) is 12.0. The van der Waals surface area contributed by atoms with Crippen LogP contribution in [0, 0.1) is 0 Å². The second-order valence-corrected chi connectivity index (χ2v) is 9.43. The normalized spacial score (nSPS) is 10.7. The molecule has 2 aromatic rings. The summed E-state index contributed by atoms with van der Waals surface area (Å²) in [5, 5.41) is 2.21. The first-order chi connectivity index (χ1) is 10.9. The average molecular weight is 369 g/mol. The highest BCUT2D eigenvalue weighted by Crippen LogP contribution is 2.31. The highest BCUT2D eigenvalue weighted by atomic mass is 33.1. The fraction of sp³-hybridized carbons (Fsp3) is 0.375. The Morgan fingerprint density at radius 3 is 1.55 bits per heavy atom. The molecule has 118 valence electrons. The second kappa shape index (κ2) is 12.2. The summed E-state index contributed by atoms with van der Waals surface area (Å²) in [4.78, 5) is 8.61. The fourth-order valence-corrected chi connectivity index (χ4v) is 5.72. The molecule has 2 rings (SSSR count). The van der Waals surface area contributed by atoms with Gasteiger partial charge in [0.05, 0.1) is 0 Å². The molecule has 0 atom stereocenters. The molecule has 22 heavy (non-hydrogen) atoms. The first-order valence-electron chi connectivity index (χ1n) is 7.36. The van der Waals surface area contributed by atoms with Crippen molar-refractivity contribution >= 4 is 43.2 Å². The van der Waals surface area contributed by atoms with Crippen LogP contribution in [0.3, 0.4) is 0 Å². The van der Waals surface area contributed by atoms with Crippen molar-refractivity contribution in [3.63, 3.8) is 0 Å². The zero-order chi connectivity index (χ0) is 15.3. The zero-order valence-electron chi connectivity index (χ0n) is 12.4. The summed E-state index contributed by atoms with van der Waals surface area (Å²) < 4.78 is 0. The fourth-order valence-electron chi connectivity index (χ4n) is 1.67. The Hall–Kier alpha value is -0.300. The molecule has 0 saturated heterocycles. The molecule has 0 aliphatic rings. The maximum absolute atomic E-state index is 4.30. The van der Waals surface area contributed by atoms with Gasteiger partial charge in [0.15, 0.2) is 0 Å². The van der Waals surface area contributed by atoms with Crippen molar-refractivity contribution < 1.29 is 0 Å². The second-order valence-electron chi connectivity index (χ2n) is 4.56. The van der Waals surface area contributed by atoms with Gasteiger partial charge < -0.3 is 0 Å². The van der Waals surface area contributed by atoms with E-state index in [1.165, 1.54) is 37.2 Å². The molecule has 2 aromatic heterocycles. The van der Waals surface area contributed by atoms with Crippen molar-refractivity contribution in [3.8, 4) is 0 Å². The van der Waals surface area contributed by atoms with Crippen molar-refractivity contribution in [2.75, 3.05) is 11.5 Å². The van der Waals surface area contributed by atoms with Crippen LogP contribution in [0.4, 0.5) is 0 Å². The summed E-state index contributed by atoms with van der Waals surface area (Å²) in [6.45, 7) is 0. The van der Waals surface area contributed by atoms with E-state index in [1.807, 2.05) is 58.2 Å². The summed E-state index contributed by atoms with van der Waals surface area (Å²) in [6.07, 6.45) is 8.94. The maximum atomic E-state index is 4.30. The molecule has 0 radical (unpaired) electrons. The number of unbranched alkanes of at least 4 members (excludes halogenated alkanes) is 3. The third-order valence-corrected chi connectivity index (χ3v) is 7.47. The van der Waals surface area contributed by atoms with E-state index in [0.717, 1.165) is 10.1 Å². The van der Waals surface area contributed by atoms with E-state index in [9.17, 15) is 0 Å². The van der Waals surface area contributed by atoms with Crippen LogP contribution < -0.4 is 0 Å². The van der Waals surface area contributed by atoms with Gasteiger partial charge >= 0.3 is 0 Å². The van der Waals surface area contributed by atoms with Gasteiger partial charge in [-0.1, -0.05) is 46.6 Å². The molecule has 2 heterocycles. The summed E-state index contributed by atoms with van der Waals surface area (Å²) in [5.41, 5.74) is 0. The smallest absolute Gasteiger partial charge is 0.106 e. The largest absolute Gasteiger partial charge is 0.249 e. The molecule has 0 aliphatic heterocycles. The number of aromatic nitrogens is 2. The van der Waals surface area contributed by atoms with Crippen molar-refractivity contribution in [1.82, 2.24) is 9.97 Å². The molecule has 6 heteroatoms. The standard InChI is InChI=1S/C16H20N2S4/c1(7-13-19-21-15-9-3-5-11-17-15)2-8-14-20-22-16-10-4-6-12-18-16/h3-6,9-12H,1-2,7-8,13-14H2. The monoisotopic (exact) mass is 368 g/mol. The van der Waals surface area contributed by atoms with Gasteiger partial charge in [-0.15, -0.1) is 0 Å². The van der Waals surface area contributed by atoms with Crippen LogP contribution in [0.5, 0.6) is 0 Å². The van der Waals surface area contributed by atoms with Gasteiger partial charge in [-0.05, 0) is 58.7 Å². The molecule has 0 aromatic carbocycles. The van der Waals surface area contributed by atoms with Crippen LogP contribution in [0.25, 0.3) is 0 Å². The van der Waals surface area contributed by atoms with Crippen molar-refractivity contribution in [2.24, 2.45) is 0 Å². The van der Waals surface area contributed by atoms with Gasteiger partial charge in [-0.25, -0.2) is 9.97 Å². The predicted octanol–water partition coefficient (Wildman–Crippen LogP) is 6.22. The molecule has 0 fully saturated rings. The molecular weight excluding hydrogens is 348 g/mol. The van der Waals surface area contributed by atoms with E-state index in [1.54, 1.807) is 21.6 Å². The SMILES string of the molecule is c1ccc(SSCCCCCCSSc2ccccn2)nc1. The Kier molecular flexibility index (Phi) is 9.98. The van der Waals surface area contributed by atoms with E-state index >= 15 is 0 Å². The Bertz CT molecular complexity index is 449. The van der Waals surface area contributed by atoms with Gasteiger partial charge in [0.25, 0.3) is 0 Å². The van der Waals surface area contributed by atoms with Gasteiger partial charge in [-0.3, -0.25) is 0 Å². The molecule has 0 N–H and O–H groups in total. The van der Waals surface area contributed by atoms with Crippen LogP contribution in [0.2, 0.25) is 0 Å².